The third-order valence-corrected chi connectivity index (χ3v) is 2.60. The first-order valence-electron chi connectivity index (χ1n) is 6.15. The van der Waals surface area contributed by atoms with E-state index in [9.17, 15) is 18.0 Å². The van der Waals surface area contributed by atoms with E-state index in [1.54, 1.807) is 0 Å². The minimum atomic E-state index is -4.54. The molecule has 112 valence electrons. The van der Waals surface area contributed by atoms with Crippen LogP contribution in [-0.4, -0.2) is 22.1 Å². The molecule has 2 aromatic rings. The number of urea groups is 1. The molecule has 0 spiro atoms. The predicted molar refractivity (Wildman–Crippen MR) is 70.7 cm³/mol. The summed E-state index contributed by atoms with van der Waals surface area (Å²) >= 11 is 0. The first kappa shape index (κ1) is 14.9. The molecular formula is C13H13F3N4O. The first-order valence-corrected chi connectivity index (χ1v) is 6.15. The third-order valence-electron chi connectivity index (χ3n) is 2.60. The van der Waals surface area contributed by atoms with E-state index in [4.69, 9.17) is 0 Å². The Morgan fingerprint density at radius 1 is 1.19 bits per heavy atom. The lowest BCUT2D eigenvalue weighted by molar-refractivity contribution is -0.141. The average Bonchev–Trinajstić information content (AvgIpc) is 2.91. The minimum absolute atomic E-state index is 0.150. The number of aromatic nitrogens is 2. The van der Waals surface area contributed by atoms with Crippen molar-refractivity contribution >= 4 is 11.8 Å². The van der Waals surface area contributed by atoms with Crippen molar-refractivity contribution in [2.24, 2.45) is 0 Å². The fraction of sp³-hybridized carbons (Fsp3) is 0.231. The van der Waals surface area contributed by atoms with Gasteiger partial charge in [0.1, 0.15) is 11.5 Å². The number of halogens is 3. The number of amides is 2. The highest BCUT2D eigenvalue weighted by atomic mass is 19.4. The van der Waals surface area contributed by atoms with Crippen molar-refractivity contribution in [3.8, 4) is 0 Å². The average molecular weight is 298 g/mol. The number of hydrogen-bond donors (Lipinski definition) is 2. The minimum Gasteiger partial charge on any atom is -0.353 e. The number of pyridine rings is 1. The van der Waals surface area contributed by atoms with Crippen LogP contribution >= 0.6 is 0 Å². The smallest absolute Gasteiger partial charge is 0.353 e. The van der Waals surface area contributed by atoms with E-state index in [1.807, 2.05) is 29.1 Å². The van der Waals surface area contributed by atoms with Crippen LogP contribution in [0.3, 0.4) is 0 Å². The highest BCUT2D eigenvalue weighted by molar-refractivity contribution is 5.88. The van der Waals surface area contributed by atoms with E-state index in [2.05, 4.69) is 15.6 Å². The zero-order chi connectivity index (χ0) is 15.3. The molecular weight excluding hydrogens is 285 g/mol. The number of hydrogen-bond acceptors (Lipinski definition) is 2. The van der Waals surface area contributed by atoms with Crippen LogP contribution in [0, 0.1) is 0 Å². The molecule has 0 saturated carbocycles. The fourth-order valence-electron chi connectivity index (χ4n) is 1.64. The molecule has 0 saturated heterocycles. The summed E-state index contributed by atoms with van der Waals surface area (Å²) in [5, 5.41) is 4.80. The van der Waals surface area contributed by atoms with E-state index in [-0.39, 0.29) is 5.82 Å². The zero-order valence-corrected chi connectivity index (χ0v) is 10.9. The molecule has 0 aliphatic carbocycles. The fourth-order valence-corrected chi connectivity index (χ4v) is 1.64. The van der Waals surface area contributed by atoms with Gasteiger partial charge in [-0.15, -0.1) is 0 Å². The van der Waals surface area contributed by atoms with E-state index < -0.39 is 17.9 Å². The molecule has 2 heterocycles. The van der Waals surface area contributed by atoms with Gasteiger partial charge in [-0.2, -0.15) is 13.2 Å². The number of nitrogens with one attached hydrogen (secondary N) is 2. The van der Waals surface area contributed by atoms with E-state index in [0.717, 1.165) is 6.07 Å². The molecule has 2 amide bonds. The van der Waals surface area contributed by atoms with Crippen LogP contribution in [0.2, 0.25) is 0 Å². The van der Waals surface area contributed by atoms with Gasteiger partial charge < -0.3 is 9.88 Å². The summed E-state index contributed by atoms with van der Waals surface area (Å²) in [5.74, 6) is -0.150. The highest BCUT2D eigenvalue weighted by Gasteiger charge is 2.32. The molecule has 0 radical (unpaired) electrons. The normalized spacial score (nSPS) is 11.2. The van der Waals surface area contributed by atoms with Gasteiger partial charge in [-0.05, 0) is 24.3 Å². The Labute approximate surface area is 118 Å². The van der Waals surface area contributed by atoms with E-state index >= 15 is 0 Å². The van der Waals surface area contributed by atoms with Gasteiger partial charge in [0, 0.05) is 25.5 Å². The summed E-state index contributed by atoms with van der Waals surface area (Å²) in [6.07, 6.45) is -0.857. The number of carbonyl (C=O) groups excluding carboxylic acids is 1. The lowest BCUT2D eigenvalue weighted by Gasteiger charge is -2.10. The molecule has 0 fully saturated rings. The SMILES string of the molecule is O=C(NCCn1cccc1)Nc1cccc(C(F)(F)F)n1. The zero-order valence-electron chi connectivity index (χ0n) is 10.9. The Balaban J connectivity index is 1.85. The molecule has 0 aliphatic heterocycles. The highest BCUT2D eigenvalue weighted by Crippen LogP contribution is 2.28. The Morgan fingerprint density at radius 3 is 2.57 bits per heavy atom. The molecule has 2 aromatic heterocycles. The maximum Gasteiger partial charge on any atom is 0.433 e. The molecule has 0 aliphatic rings. The van der Waals surface area contributed by atoms with Crippen molar-refractivity contribution < 1.29 is 18.0 Å². The Morgan fingerprint density at radius 2 is 1.90 bits per heavy atom. The second-order valence-electron chi connectivity index (χ2n) is 4.21. The summed E-state index contributed by atoms with van der Waals surface area (Å²) in [4.78, 5) is 14.9. The standard InChI is InChI=1S/C13H13F3N4O/c14-13(15,16)10-4-3-5-11(18-10)19-12(21)17-6-9-20-7-1-2-8-20/h1-5,7-8H,6,9H2,(H2,17,18,19,21). The maximum atomic E-state index is 12.5. The van der Waals surface area contributed by atoms with Crippen molar-refractivity contribution in [2.45, 2.75) is 12.7 Å². The third kappa shape index (κ3) is 4.51. The predicted octanol–water partition coefficient (Wildman–Crippen LogP) is 2.72. The largest absolute Gasteiger partial charge is 0.433 e. The Kier molecular flexibility index (Phi) is 4.46. The second-order valence-corrected chi connectivity index (χ2v) is 4.21. The van der Waals surface area contributed by atoms with Crippen LogP contribution in [-0.2, 0) is 12.7 Å². The maximum absolute atomic E-state index is 12.5. The lowest BCUT2D eigenvalue weighted by Crippen LogP contribution is -2.31. The van der Waals surface area contributed by atoms with Crippen molar-refractivity contribution in [3.05, 3.63) is 48.4 Å². The number of carbonyl (C=O) groups is 1. The van der Waals surface area contributed by atoms with Crippen LogP contribution in [0.25, 0.3) is 0 Å². The molecule has 0 aromatic carbocycles. The van der Waals surface area contributed by atoms with Gasteiger partial charge in [0.25, 0.3) is 0 Å². The van der Waals surface area contributed by atoms with E-state index in [0.29, 0.717) is 13.1 Å². The number of alkyl halides is 3. The van der Waals surface area contributed by atoms with Crippen molar-refractivity contribution in [1.82, 2.24) is 14.9 Å². The molecule has 0 unspecified atom stereocenters. The summed E-state index contributed by atoms with van der Waals surface area (Å²) in [5.41, 5.74) is -1.05. The van der Waals surface area contributed by atoms with Crippen LogP contribution in [0.15, 0.2) is 42.7 Å². The number of anilines is 1. The summed E-state index contributed by atoms with van der Waals surface area (Å²) in [6.45, 7) is 0.913. The monoisotopic (exact) mass is 298 g/mol. The van der Waals surface area contributed by atoms with Gasteiger partial charge in [-0.3, -0.25) is 5.32 Å². The van der Waals surface area contributed by atoms with Crippen LogP contribution in [0.4, 0.5) is 23.8 Å². The second kappa shape index (κ2) is 6.29. The molecule has 8 heteroatoms. The Bertz CT molecular complexity index is 596. The van der Waals surface area contributed by atoms with Crippen LogP contribution in [0.5, 0.6) is 0 Å². The quantitative estimate of drug-likeness (QED) is 0.912. The molecule has 21 heavy (non-hydrogen) atoms. The van der Waals surface area contributed by atoms with Gasteiger partial charge >= 0.3 is 12.2 Å². The van der Waals surface area contributed by atoms with Gasteiger partial charge in [0.15, 0.2) is 0 Å². The van der Waals surface area contributed by atoms with Gasteiger partial charge in [-0.1, -0.05) is 6.07 Å². The van der Waals surface area contributed by atoms with Gasteiger partial charge in [0.05, 0.1) is 0 Å². The Hall–Kier alpha value is -2.51. The van der Waals surface area contributed by atoms with Crippen molar-refractivity contribution in [3.63, 3.8) is 0 Å². The topological polar surface area (TPSA) is 59.0 Å². The molecule has 0 atom stereocenters. The number of rotatable bonds is 4. The molecule has 2 rings (SSSR count). The molecule has 2 N–H and O–H groups in total. The van der Waals surface area contributed by atoms with E-state index in [1.165, 1.54) is 12.1 Å². The van der Waals surface area contributed by atoms with Crippen LogP contribution < -0.4 is 10.6 Å². The number of nitrogens with zero attached hydrogens (tertiary/aromatic N) is 2. The summed E-state index contributed by atoms with van der Waals surface area (Å²) in [6, 6.07) is 6.43. The summed E-state index contributed by atoms with van der Waals surface area (Å²) in [7, 11) is 0. The van der Waals surface area contributed by atoms with Crippen molar-refractivity contribution in [2.75, 3.05) is 11.9 Å². The molecule has 0 bridgehead atoms. The van der Waals surface area contributed by atoms with Gasteiger partial charge in [-0.25, -0.2) is 9.78 Å². The van der Waals surface area contributed by atoms with Crippen molar-refractivity contribution in [1.29, 1.82) is 0 Å². The lowest BCUT2D eigenvalue weighted by atomic mass is 10.3. The first-order chi connectivity index (χ1) is 9.95. The van der Waals surface area contributed by atoms with Crippen LogP contribution in [0.1, 0.15) is 5.69 Å². The van der Waals surface area contributed by atoms with Gasteiger partial charge in [0.2, 0.25) is 0 Å². The molecule has 5 nitrogen and oxygen atoms in total. The summed E-state index contributed by atoms with van der Waals surface area (Å²) < 4.78 is 39.3.